The quantitative estimate of drug-likeness (QED) is 0.748. The van der Waals surface area contributed by atoms with E-state index in [4.69, 9.17) is 4.74 Å². The molecule has 5 heteroatoms. The van der Waals surface area contributed by atoms with Crippen LogP contribution in [0.5, 0.6) is 5.75 Å². The smallest absolute Gasteiger partial charge is 0.314 e. The van der Waals surface area contributed by atoms with Gasteiger partial charge in [0.05, 0.1) is 11.8 Å². The highest BCUT2D eigenvalue weighted by Gasteiger charge is 2.18. The number of para-hydroxylation sites is 2. The third kappa shape index (κ3) is 4.88. The first kappa shape index (κ1) is 19.0. The van der Waals surface area contributed by atoms with E-state index in [1.165, 1.54) is 11.1 Å². The van der Waals surface area contributed by atoms with Crippen LogP contribution in [0.4, 0.5) is 11.4 Å². The lowest BCUT2D eigenvalue weighted by Gasteiger charge is -2.17. The Hall–Kier alpha value is -2.82. The number of aryl methyl sites for hydroxylation is 2. The van der Waals surface area contributed by atoms with Gasteiger partial charge in [0.25, 0.3) is 0 Å². The summed E-state index contributed by atoms with van der Waals surface area (Å²) in [7, 11) is 0. The maximum atomic E-state index is 12.3. The first-order valence-electron chi connectivity index (χ1n) is 9.56. The van der Waals surface area contributed by atoms with E-state index in [-0.39, 0.29) is 6.10 Å². The van der Waals surface area contributed by atoms with E-state index in [1.54, 1.807) is 18.2 Å². The second-order valence-electron chi connectivity index (χ2n) is 6.96. The fourth-order valence-corrected chi connectivity index (χ4v) is 3.37. The van der Waals surface area contributed by atoms with Crippen molar-refractivity contribution >= 4 is 23.2 Å². The van der Waals surface area contributed by atoms with Gasteiger partial charge in [-0.2, -0.15) is 0 Å². The van der Waals surface area contributed by atoms with Gasteiger partial charge in [-0.05, 0) is 68.0 Å². The van der Waals surface area contributed by atoms with Gasteiger partial charge in [0.1, 0.15) is 5.75 Å². The summed E-state index contributed by atoms with van der Waals surface area (Å²) in [6.45, 7) is 4.08. The summed E-state index contributed by atoms with van der Waals surface area (Å²) in [5.74, 6) is -0.837. The molecule has 142 valence electrons. The number of ether oxygens (including phenoxy) is 1. The minimum absolute atomic E-state index is 0.0355. The van der Waals surface area contributed by atoms with E-state index >= 15 is 0 Å². The zero-order valence-corrected chi connectivity index (χ0v) is 15.9. The summed E-state index contributed by atoms with van der Waals surface area (Å²) in [4.78, 5) is 24.6. The molecule has 0 saturated heterocycles. The topological polar surface area (TPSA) is 67.4 Å². The first-order valence-corrected chi connectivity index (χ1v) is 9.56. The highest BCUT2D eigenvalue weighted by molar-refractivity contribution is 6.43. The molecule has 2 amide bonds. The van der Waals surface area contributed by atoms with E-state index in [9.17, 15) is 9.59 Å². The molecule has 2 aromatic rings. The van der Waals surface area contributed by atoms with Gasteiger partial charge in [0.15, 0.2) is 0 Å². The maximum absolute atomic E-state index is 12.3. The van der Waals surface area contributed by atoms with E-state index in [2.05, 4.69) is 17.6 Å². The van der Waals surface area contributed by atoms with E-state index in [0.29, 0.717) is 17.1 Å². The number of nitrogens with one attached hydrogen (secondary N) is 2. The number of carbonyl (C=O) groups excluding carboxylic acids is 2. The molecule has 0 heterocycles. The molecule has 1 atom stereocenters. The normalized spacial score (nSPS) is 13.6. The Kier molecular flexibility index (Phi) is 6.12. The Morgan fingerprint density at radius 3 is 2.59 bits per heavy atom. The summed E-state index contributed by atoms with van der Waals surface area (Å²) in [6, 6.07) is 13.0. The summed E-state index contributed by atoms with van der Waals surface area (Å²) in [5, 5.41) is 5.33. The molecule has 0 radical (unpaired) electrons. The fraction of sp³-hybridized carbons (Fsp3) is 0.364. The zero-order valence-electron chi connectivity index (χ0n) is 15.9. The van der Waals surface area contributed by atoms with Gasteiger partial charge < -0.3 is 15.4 Å². The zero-order chi connectivity index (χ0) is 19.2. The molecule has 5 nitrogen and oxygen atoms in total. The molecule has 0 aromatic heterocycles. The molecule has 27 heavy (non-hydrogen) atoms. The average Bonchev–Trinajstić information content (AvgIpc) is 3.11. The van der Waals surface area contributed by atoms with Crippen molar-refractivity contribution in [2.24, 2.45) is 0 Å². The molecule has 2 aromatic carbocycles. The Morgan fingerprint density at radius 1 is 1.04 bits per heavy atom. The van der Waals surface area contributed by atoms with Crippen LogP contribution in [0.2, 0.25) is 0 Å². The molecule has 0 saturated carbocycles. The lowest BCUT2D eigenvalue weighted by molar-refractivity contribution is -0.133. The Bertz CT molecular complexity index is 832. The molecular formula is C22H26N2O3. The van der Waals surface area contributed by atoms with Crippen molar-refractivity contribution in [1.82, 2.24) is 0 Å². The van der Waals surface area contributed by atoms with Crippen molar-refractivity contribution < 1.29 is 14.3 Å². The maximum Gasteiger partial charge on any atom is 0.314 e. The van der Waals surface area contributed by atoms with Gasteiger partial charge in [0, 0.05) is 5.69 Å². The van der Waals surface area contributed by atoms with Crippen LogP contribution in [0.3, 0.4) is 0 Å². The molecule has 3 rings (SSSR count). The van der Waals surface area contributed by atoms with Crippen molar-refractivity contribution in [3.05, 3.63) is 53.6 Å². The van der Waals surface area contributed by atoms with E-state index in [1.807, 2.05) is 31.2 Å². The first-order chi connectivity index (χ1) is 13.1. The second kappa shape index (κ2) is 8.71. The van der Waals surface area contributed by atoms with Crippen LogP contribution in [0.25, 0.3) is 0 Å². The summed E-state index contributed by atoms with van der Waals surface area (Å²) in [6.07, 6.45) is 5.21. The van der Waals surface area contributed by atoms with Gasteiger partial charge in [-0.25, -0.2) is 0 Å². The van der Waals surface area contributed by atoms with E-state index in [0.717, 1.165) is 32.1 Å². The van der Waals surface area contributed by atoms with Crippen molar-refractivity contribution in [3.63, 3.8) is 0 Å². The van der Waals surface area contributed by atoms with Crippen LogP contribution >= 0.6 is 0 Å². The molecule has 0 fully saturated rings. The molecule has 1 aliphatic carbocycles. The number of anilines is 2. The number of carbonyl (C=O) groups is 2. The predicted molar refractivity (Wildman–Crippen MR) is 107 cm³/mol. The van der Waals surface area contributed by atoms with Crippen molar-refractivity contribution in [1.29, 1.82) is 0 Å². The lowest BCUT2D eigenvalue weighted by Crippen LogP contribution is -2.29. The Labute approximate surface area is 160 Å². The number of amides is 2. The number of benzene rings is 2. The van der Waals surface area contributed by atoms with Crippen LogP contribution < -0.4 is 15.4 Å². The van der Waals surface area contributed by atoms with Crippen LogP contribution in [0.1, 0.15) is 44.2 Å². The summed E-state index contributed by atoms with van der Waals surface area (Å²) in [5.41, 5.74) is 3.72. The minimum atomic E-state index is -0.713. The fourth-order valence-electron chi connectivity index (χ4n) is 3.37. The van der Waals surface area contributed by atoms with Crippen LogP contribution in [-0.2, 0) is 22.4 Å². The Morgan fingerprint density at radius 2 is 1.78 bits per heavy atom. The van der Waals surface area contributed by atoms with Crippen molar-refractivity contribution in [2.45, 2.75) is 52.1 Å². The van der Waals surface area contributed by atoms with Crippen LogP contribution in [-0.4, -0.2) is 17.9 Å². The molecule has 2 N–H and O–H groups in total. The molecule has 0 bridgehead atoms. The number of hydrogen-bond acceptors (Lipinski definition) is 3. The van der Waals surface area contributed by atoms with Crippen molar-refractivity contribution in [2.75, 3.05) is 10.6 Å². The average molecular weight is 366 g/mol. The minimum Gasteiger partial charge on any atom is -0.489 e. The SMILES string of the molecule is CCCC(C)Oc1ccccc1NC(=O)C(=O)Nc1ccc2c(c1)CCC2. The van der Waals surface area contributed by atoms with Gasteiger partial charge >= 0.3 is 11.8 Å². The molecule has 0 aliphatic heterocycles. The third-order valence-electron chi connectivity index (χ3n) is 4.72. The van der Waals surface area contributed by atoms with Gasteiger partial charge in [0.2, 0.25) is 0 Å². The monoisotopic (exact) mass is 366 g/mol. The predicted octanol–water partition coefficient (Wildman–Crippen LogP) is 4.32. The summed E-state index contributed by atoms with van der Waals surface area (Å²) < 4.78 is 5.89. The van der Waals surface area contributed by atoms with Gasteiger partial charge in [-0.1, -0.05) is 31.5 Å². The molecule has 0 spiro atoms. The standard InChI is InChI=1S/C22H26N2O3/c1-3-7-15(2)27-20-11-5-4-10-19(20)24-22(26)21(25)23-18-13-12-16-8-6-9-17(16)14-18/h4-5,10-15H,3,6-9H2,1-2H3,(H,23,25)(H,24,26). The molecule has 1 unspecified atom stereocenters. The number of rotatable bonds is 6. The van der Waals surface area contributed by atoms with Gasteiger partial charge in [-0.3, -0.25) is 9.59 Å². The van der Waals surface area contributed by atoms with Crippen LogP contribution in [0, 0.1) is 0 Å². The largest absolute Gasteiger partial charge is 0.489 e. The number of fused-ring (bicyclic) bond motifs is 1. The van der Waals surface area contributed by atoms with Crippen LogP contribution in [0.15, 0.2) is 42.5 Å². The second-order valence-corrected chi connectivity index (χ2v) is 6.96. The third-order valence-corrected chi connectivity index (χ3v) is 4.72. The van der Waals surface area contributed by atoms with E-state index < -0.39 is 11.8 Å². The summed E-state index contributed by atoms with van der Waals surface area (Å²) >= 11 is 0. The highest BCUT2D eigenvalue weighted by atomic mass is 16.5. The molecule has 1 aliphatic rings. The highest BCUT2D eigenvalue weighted by Crippen LogP contribution is 2.26. The lowest BCUT2D eigenvalue weighted by atomic mass is 10.1. The Balaban J connectivity index is 1.64. The van der Waals surface area contributed by atoms with Crippen molar-refractivity contribution in [3.8, 4) is 5.75 Å². The molecular weight excluding hydrogens is 340 g/mol. The van der Waals surface area contributed by atoms with Gasteiger partial charge in [-0.15, -0.1) is 0 Å². The number of hydrogen-bond donors (Lipinski definition) is 2.